The van der Waals surface area contributed by atoms with Gasteiger partial charge in [0.05, 0.1) is 37.8 Å². The van der Waals surface area contributed by atoms with Gasteiger partial charge < -0.3 is 14.0 Å². The van der Waals surface area contributed by atoms with Crippen molar-refractivity contribution in [2.75, 3.05) is 13.7 Å². The Kier molecular flexibility index (Phi) is 5.46. The van der Waals surface area contributed by atoms with Crippen LogP contribution in [0.5, 0.6) is 5.75 Å². The lowest BCUT2D eigenvalue weighted by atomic mass is 10.1. The minimum absolute atomic E-state index is 0.250. The van der Waals surface area contributed by atoms with Crippen LogP contribution in [0.1, 0.15) is 23.9 Å². The Morgan fingerprint density at radius 3 is 2.26 bits per heavy atom. The molecule has 1 unspecified atom stereocenters. The van der Waals surface area contributed by atoms with E-state index in [0.717, 1.165) is 52.5 Å². The Bertz CT molecular complexity index is 1140. The van der Waals surface area contributed by atoms with Gasteiger partial charge in [-0.3, -0.25) is 9.97 Å². The van der Waals surface area contributed by atoms with Crippen molar-refractivity contribution in [1.82, 2.24) is 19.5 Å². The topological polar surface area (TPSA) is 62.1 Å². The van der Waals surface area contributed by atoms with E-state index in [0.29, 0.717) is 13.2 Å². The molecule has 1 atom stereocenters. The third kappa shape index (κ3) is 3.94. The van der Waals surface area contributed by atoms with Crippen LogP contribution < -0.4 is 4.74 Å². The van der Waals surface area contributed by atoms with Crippen molar-refractivity contribution in [2.45, 2.75) is 25.5 Å². The highest BCUT2D eigenvalue weighted by Crippen LogP contribution is 2.39. The first-order valence-electron chi connectivity index (χ1n) is 10.5. The highest BCUT2D eigenvalue weighted by molar-refractivity contribution is 5.79. The van der Waals surface area contributed by atoms with Crippen molar-refractivity contribution in [3.8, 4) is 28.3 Å². The number of benzene rings is 1. The van der Waals surface area contributed by atoms with E-state index in [2.05, 4.69) is 14.5 Å². The summed E-state index contributed by atoms with van der Waals surface area (Å²) in [5.41, 5.74) is 5.43. The molecule has 4 aromatic rings. The predicted octanol–water partition coefficient (Wildman–Crippen LogP) is 4.72. The first-order chi connectivity index (χ1) is 15.3. The summed E-state index contributed by atoms with van der Waals surface area (Å²) in [5.74, 6) is 1.96. The molecule has 0 saturated carbocycles. The van der Waals surface area contributed by atoms with E-state index in [1.165, 1.54) is 0 Å². The third-order valence-electron chi connectivity index (χ3n) is 5.70. The van der Waals surface area contributed by atoms with Crippen LogP contribution in [-0.2, 0) is 17.8 Å². The minimum atomic E-state index is 0.250. The molecule has 0 N–H and O–H groups in total. The fourth-order valence-corrected chi connectivity index (χ4v) is 4.16. The summed E-state index contributed by atoms with van der Waals surface area (Å²) < 4.78 is 13.7. The van der Waals surface area contributed by atoms with Gasteiger partial charge in [-0.1, -0.05) is 12.1 Å². The fourth-order valence-electron chi connectivity index (χ4n) is 4.16. The van der Waals surface area contributed by atoms with Crippen LogP contribution in [0.4, 0.5) is 0 Å². The van der Waals surface area contributed by atoms with Crippen LogP contribution in [-0.4, -0.2) is 33.2 Å². The monoisotopic (exact) mass is 412 g/mol. The molecule has 5 rings (SSSR count). The van der Waals surface area contributed by atoms with Crippen molar-refractivity contribution < 1.29 is 9.47 Å². The molecule has 0 spiro atoms. The molecule has 4 heterocycles. The zero-order chi connectivity index (χ0) is 21.0. The standard InChI is InChI=1S/C25H24N4O2/c1-30-22-5-2-18(3-6-22)16-31-17-21-4-7-23-28-24(19-8-12-26-13-9-19)25(29(21)23)20-10-14-27-15-11-20/h2-3,5-6,8-15,21H,4,7,16-17H2,1H3. The lowest BCUT2D eigenvalue weighted by molar-refractivity contribution is 0.0925. The SMILES string of the molecule is COc1ccc(COCC2CCc3nc(-c4ccncc4)c(-c4ccncc4)n32)cc1. The molecule has 3 aromatic heterocycles. The van der Waals surface area contributed by atoms with E-state index in [1.54, 1.807) is 7.11 Å². The van der Waals surface area contributed by atoms with E-state index in [1.807, 2.05) is 73.3 Å². The maximum atomic E-state index is 6.13. The molecule has 156 valence electrons. The normalized spacial score (nSPS) is 15.1. The molecule has 6 heteroatoms. The second kappa shape index (κ2) is 8.70. The van der Waals surface area contributed by atoms with Gasteiger partial charge in [-0.2, -0.15) is 0 Å². The second-order valence-corrected chi connectivity index (χ2v) is 7.62. The summed E-state index contributed by atoms with van der Waals surface area (Å²) >= 11 is 0. The second-order valence-electron chi connectivity index (χ2n) is 7.62. The number of methoxy groups -OCH3 is 1. The number of rotatable bonds is 7. The number of nitrogens with zero attached hydrogens (tertiary/aromatic N) is 4. The summed E-state index contributed by atoms with van der Waals surface area (Å²) in [6, 6.07) is 16.4. The molecule has 1 aliphatic rings. The van der Waals surface area contributed by atoms with E-state index in [4.69, 9.17) is 14.5 Å². The quantitative estimate of drug-likeness (QED) is 0.440. The number of hydrogen-bond acceptors (Lipinski definition) is 5. The van der Waals surface area contributed by atoms with Crippen LogP contribution in [0, 0.1) is 0 Å². The van der Waals surface area contributed by atoms with E-state index < -0.39 is 0 Å². The van der Waals surface area contributed by atoms with E-state index in [-0.39, 0.29) is 6.04 Å². The maximum Gasteiger partial charge on any atom is 0.118 e. The first-order valence-corrected chi connectivity index (χ1v) is 10.5. The lowest BCUT2D eigenvalue weighted by Crippen LogP contribution is -2.13. The van der Waals surface area contributed by atoms with Gasteiger partial charge >= 0.3 is 0 Å². The molecule has 0 fully saturated rings. The van der Waals surface area contributed by atoms with E-state index >= 15 is 0 Å². The summed E-state index contributed by atoms with van der Waals surface area (Å²) in [6.45, 7) is 1.22. The number of aryl methyl sites for hydroxylation is 1. The summed E-state index contributed by atoms with van der Waals surface area (Å²) in [4.78, 5) is 13.4. The molecule has 31 heavy (non-hydrogen) atoms. The van der Waals surface area contributed by atoms with Crippen molar-refractivity contribution in [3.63, 3.8) is 0 Å². The number of aromatic nitrogens is 4. The van der Waals surface area contributed by atoms with Gasteiger partial charge in [0.2, 0.25) is 0 Å². The molecular formula is C25H24N4O2. The van der Waals surface area contributed by atoms with Gasteiger partial charge in [0, 0.05) is 42.3 Å². The maximum absolute atomic E-state index is 6.13. The van der Waals surface area contributed by atoms with Crippen molar-refractivity contribution >= 4 is 0 Å². The van der Waals surface area contributed by atoms with Gasteiger partial charge in [0.25, 0.3) is 0 Å². The van der Waals surface area contributed by atoms with Crippen LogP contribution in [0.15, 0.2) is 73.3 Å². The summed E-state index contributed by atoms with van der Waals surface area (Å²) in [6.07, 6.45) is 9.25. The van der Waals surface area contributed by atoms with Crippen molar-refractivity contribution in [3.05, 3.63) is 84.7 Å². The summed E-state index contributed by atoms with van der Waals surface area (Å²) in [5, 5.41) is 0. The average Bonchev–Trinajstić information content (AvgIpc) is 3.40. The Balaban J connectivity index is 1.42. The molecule has 0 saturated heterocycles. The molecule has 0 amide bonds. The lowest BCUT2D eigenvalue weighted by Gasteiger charge is -2.18. The number of ether oxygens (including phenoxy) is 2. The van der Waals surface area contributed by atoms with E-state index in [9.17, 15) is 0 Å². The minimum Gasteiger partial charge on any atom is -0.497 e. The Hall–Kier alpha value is -3.51. The fraction of sp³-hybridized carbons (Fsp3) is 0.240. The molecule has 1 aliphatic heterocycles. The zero-order valence-corrected chi connectivity index (χ0v) is 17.4. The van der Waals surface area contributed by atoms with Crippen molar-refractivity contribution in [1.29, 1.82) is 0 Å². The van der Waals surface area contributed by atoms with Crippen LogP contribution in [0.2, 0.25) is 0 Å². The highest BCUT2D eigenvalue weighted by atomic mass is 16.5. The summed E-state index contributed by atoms with van der Waals surface area (Å²) in [7, 11) is 1.68. The smallest absolute Gasteiger partial charge is 0.118 e. The molecule has 0 aliphatic carbocycles. The highest BCUT2D eigenvalue weighted by Gasteiger charge is 2.30. The molecule has 6 nitrogen and oxygen atoms in total. The van der Waals surface area contributed by atoms with Crippen LogP contribution >= 0.6 is 0 Å². The molecular weight excluding hydrogens is 388 g/mol. The van der Waals surface area contributed by atoms with Gasteiger partial charge in [0.1, 0.15) is 11.6 Å². The third-order valence-corrected chi connectivity index (χ3v) is 5.70. The number of pyridine rings is 2. The van der Waals surface area contributed by atoms with Gasteiger partial charge in [-0.05, 0) is 48.4 Å². The Morgan fingerprint density at radius 1 is 0.903 bits per heavy atom. The first kappa shape index (κ1) is 19.5. The predicted molar refractivity (Wildman–Crippen MR) is 119 cm³/mol. The van der Waals surface area contributed by atoms with Gasteiger partial charge in [-0.15, -0.1) is 0 Å². The Morgan fingerprint density at radius 2 is 1.58 bits per heavy atom. The van der Waals surface area contributed by atoms with Gasteiger partial charge in [0.15, 0.2) is 0 Å². The number of fused-ring (bicyclic) bond motifs is 1. The number of hydrogen-bond donors (Lipinski definition) is 0. The van der Waals surface area contributed by atoms with Gasteiger partial charge in [-0.25, -0.2) is 4.98 Å². The average molecular weight is 412 g/mol. The largest absolute Gasteiger partial charge is 0.497 e. The van der Waals surface area contributed by atoms with Crippen molar-refractivity contribution in [2.24, 2.45) is 0 Å². The zero-order valence-electron chi connectivity index (χ0n) is 17.4. The molecule has 1 aromatic carbocycles. The van der Waals surface area contributed by atoms with Crippen LogP contribution in [0.3, 0.4) is 0 Å². The molecule has 0 radical (unpaired) electrons. The van der Waals surface area contributed by atoms with Crippen LogP contribution in [0.25, 0.3) is 22.5 Å². The molecule has 0 bridgehead atoms. The Labute approximate surface area is 181 Å². The number of imidazole rings is 1.